The first kappa shape index (κ1) is 35.2. The molecule has 0 aliphatic heterocycles. The number of unbranched alkanes of at least 4 members (excludes halogenated alkanes) is 12. The highest BCUT2D eigenvalue weighted by atomic mass is 79.9. The molecule has 1 unspecified atom stereocenters. The second-order valence-corrected chi connectivity index (χ2v) is 11.9. The van der Waals surface area contributed by atoms with Gasteiger partial charge in [-0.05, 0) is 90.1 Å². The average Bonchev–Trinajstić information content (AvgIpc) is 2.99. The summed E-state index contributed by atoms with van der Waals surface area (Å²) in [5, 5.41) is 17.9. The van der Waals surface area contributed by atoms with Gasteiger partial charge in [0, 0.05) is 0 Å². The van der Waals surface area contributed by atoms with Crippen LogP contribution in [0.3, 0.4) is 0 Å². The third-order valence-corrected chi connectivity index (χ3v) is 8.72. The average molecular weight is 634 g/mol. The Morgan fingerprint density at radius 1 is 0.610 bits per heavy atom. The Morgan fingerprint density at radius 2 is 1.02 bits per heavy atom. The van der Waals surface area contributed by atoms with E-state index in [4.69, 9.17) is 9.47 Å². The van der Waals surface area contributed by atoms with Gasteiger partial charge in [0.1, 0.15) is 23.5 Å². The van der Waals surface area contributed by atoms with Crippen LogP contribution in [0.5, 0.6) is 11.5 Å². The predicted octanol–water partition coefficient (Wildman–Crippen LogP) is 10.1. The van der Waals surface area contributed by atoms with Crippen molar-refractivity contribution in [3.8, 4) is 11.5 Å². The number of azo groups is 1. The zero-order valence-electron chi connectivity index (χ0n) is 25.7. The van der Waals surface area contributed by atoms with E-state index in [9.17, 15) is 5.11 Å². The molecular weight excluding hydrogens is 578 g/mol. The molecule has 0 aliphatic rings. The van der Waals surface area contributed by atoms with Crippen molar-refractivity contribution >= 4 is 27.3 Å². The molecule has 2 rings (SSSR count). The largest absolute Gasteiger partial charge is 0.494 e. The van der Waals surface area contributed by atoms with Crippen molar-refractivity contribution in [1.29, 1.82) is 0 Å². The molecule has 0 bridgehead atoms. The summed E-state index contributed by atoms with van der Waals surface area (Å²) in [4.78, 5) is 0. The monoisotopic (exact) mass is 632 g/mol. The summed E-state index contributed by atoms with van der Waals surface area (Å²) in [6.07, 6.45) is 17.6. The van der Waals surface area contributed by atoms with Crippen LogP contribution in [0.2, 0.25) is 0 Å². The summed E-state index contributed by atoms with van der Waals surface area (Å²) in [6, 6.07) is 15.6. The van der Waals surface area contributed by atoms with Gasteiger partial charge in [-0.15, -0.1) is 0 Å². The summed E-state index contributed by atoms with van der Waals surface area (Å²) >= 11 is 3.58. The lowest BCUT2D eigenvalue weighted by Crippen LogP contribution is -2.45. The van der Waals surface area contributed by atoms with Crippen molar-refractivity contribution in [2.24, 2.45) is 10.2 Å². The molecule has 6 nitrogen and oxygen atoms in total. The molecule has 41 heavy (non-hydrogen) atoms. The number of hydrogen-bond acceptors (Lipinski definition) is 5. The molecule has 7 heteroatoms. The van der Waals surface area contributed by atoms with Crippen molar-refractivity contribution in [1.82, 2.24) is 0 Å². The minimum absolute atomic E-state index is 0.259. The number of benzene rings is 2. The molecule has 0 aliphatic carbocycles. The normalized spacial score (nSPS) is 13.0. The summed E-state index contributed by atoms with van der Waals surface area (Å²) in [7, 11) is 2.21. The standard InChI is InChI=1S/C34H55BrN3O3/c1-3-4-5-6-12-15-28-40-33-21-17-31(18-22-33)36-37-32-19-23-34(24-20-32)41-29-16-13-10-8-7-9-11-14-25-38(2,30-35)26-27-39/h17-24,39H,3-16,25-30H2,1-2H3/q+1. The van der Waals surface area contributed by atoms with E-state index in [0.29, 0.717) is 0 Å². The van der Waals surface area contributed by atoms with Crippen LogP contribution in [0.4, 0.5) is 11.4 Å². The smallest absolute Gasteiger partial charge is 0.134 e. The maximum atomic E-state index is 9.22. The van der Waals surface area contributed by atoms with Crippen molar-refractivity contribution in [3.05, 3.63) is 48.5 Å². The molecule has 0 fully saturated rings. The molecule has 1 N–H and O–H groups in total. The van der Waals surface area contributed by atoms with Gasteiger partial charge in [-0.25, -0.2) is 0 Å². The van der Waals surface area contributed by atoms with Crippen LogP contribution in [0.1, 0.15) is 96.8 Å². The first-order valence-corrected chi connectivity index (χ1v) is 17.1. The van der Waals surface area contributed by atoms with E-state index in [1.165, 1.54) is 77.0 Å². The third-order valence-electron chi connectivity index (χ3n) is 7.51. The zero-order valence-corrected chi connectivity index (χ0v) is 27.3. The summed E-state index contributed by atoms with van der Waals surface area (Å²) in [5.41, 5.74) is 2.53. The minimum atomic E-state index is 0.259. The first-order chi connectivity index (χ1) is 20.1. The topological polar surface area (TPSA) is 63.4 Å². The van der Waals surface area contributed by atoms with Gasteiger partial charge in [-0.1, -0.05) is 71.1 Å². The van der Waals surface area contributed by atoms with Gasteiger partial charge in [0.25, 0.3) is 0 Å². The van der Waals surface area contributed by atoms with Crippen LogP contribution < -0.4 is 9.47 Å². The van der Waals surface area contributed by atoms with Gasteiger partial charge < -0.3 is 19.1 Å². The number of halogens is 1. The lowest BCUT2D eigenvalue weighted by atomic mass is 10.1. The zero-order chi connectivity index (χ0) is 29.4. The van der Waals surface area contributed by atoms with Crippen molar-refractivity contribution in [3.63, 3.8) is 0 Å². The number of aliphatic hydroxyl groups excluding tert-OH is 1. The van der Waals surface area contributed by atoms with E-state index in [-0.39, 0.29) is 6.61 Å². The number of alkyl halides is 1. The number of likely N-dealkylation sites (N-methyl/N-ethyl adjacent to an activating group) is 1. The van der Waals surface area contributed by atoms with Crippen LogP contribution in [0.25, 0.3) is 0 Å². The fraction of sp³-hybridized carbons (Fsp3) is 0.647. The number of hydrogen-bond donors (Lipinski definition) is 1. The van der Waals surface area contributed by atoms with Crippen LogP contribution in [-0.2, 0) is 0 Å². The highest BCUT2D eigenvalue weighted by Crippen LogP contribution is 2.23. The van der Waals surface area contributed by atoms with E-state index in [2.05, 4.69) is 40.1 Å². The summed E-state index contributed by atoms with van der Waals surface area (Å²) in [6.45, 7) is 5.99. The molecule has 230 valence electrons. The van der Waals surface area contributed by atoms with Crippen LogP contribution in [0.15, 0.2) is 58.8 Å². The molecule has 0 spiro atoms. The number of aliphatic hydroxyl groups is 1. The number of quaternary nitrogens is 1. The SMILES string of the molecule is CCCCCCCCOc1ccc(N=Nc2ccc(OCCCCCCCCCC[N+](C)(CBr)CCO)cc2)cc1. The molecule has 0 heterocycles. The quantitative estimate of drug-likeness (QED) is 0.0389. The highest BCUT2D eigenvalue weighted by molar-refractivity contribution is 9.09. The Kier molecular flexibility index (Phi) is 19.4. The Morgan fingerprint density at radius 3 is 1.44 bits per heavy atom. The number of rotatable bonds is 25. The van der Waals surface area contributed by atoms with Crippen LogP contribution in [0, 0.1) is 0 Å². The Balaban J connectivity index is 1.51. The molecule has 0 saturated carbocycles. The van der Waals surface area contributed by atoms with Crippen molar-refractivity contribution in [2.75, 3.05) is 45.4 Å². The predicted molar refractivity (Wildman–Crippen MR) is 175 cm³/mol. The second-order valence-electron chi connectivity index (χ2n) is 11.4. The van der Waals surface area contributed by atoms with Crippen molar-refractivity contribution in [2.45, 2.75) is 96.8 Å². The van der Waals surface area contributed by atoms with Gasteiger partial charge in [0.15, 0.2) is 0 Å². The third kappa shape index (κ3) is 16.9. The van der Waals surface area contributed by atoms with E-state index in [1.54, 1.807) is 0 Å². The molecule has 1 atom stereocenters. The first-order valence-electron chi connectivity index (χ1n) is 16.0. The van der Waals surface area contributed by atoms with E-state index in [0.717, 1.165) is 72.0 Å². The highest BCUT2D eigenvalue weighted by Gasteiger charge is 2.18. The number of ether oxygens (including phenoxy) is 2. The maximum Gasteiger partial charge on any atom is 0.134 e. The van der Waals surface area contributed by atoms with E-state index in [1.807, 2.05) is 48.5 Å². The molecule has 0 amide bonds. The Hall–Kier alpha value is -1.96. The molecular formula is C34H55BrN3O3+. The Labute approximate surface area is 258 Å². The fourth-order valence-electron chi connectivity index (χ4n) is 4.72. The summed E-state index contributed by atoms with van der Waals surface area (Å²) < 4.78 is 12.7. The minimum Gasteiger partial charge on any atom is -0.494 e. The lowest BCUT2D eigenvalue weighted by molar-refractivity contribution is -0.896. The number of nitrogens with zero attached hydrogens (tertiary/aromatic N) is 3. The van der Waals surface area contributed by atoms with Crippen LogP contribution in [-0.4, -0.2) is 55.0 Å². The Bertz CT molecular complexity index is 924. The van der Waals surface area contributed by atoms with Gasteiger partial charge in [0.2, 0.25) is 0 Å². The van der Waals surface area contributed by atoms with Gasteiger partial charge in [0.05, 0.1) is 44.8 Å². The van der Waals surface area contributed by atoms with E-state index >= 15 is 0 Å². The molecule has 2 aromatic carbocycles. The van der Waals surface area contributed by atoms with Crippen molar-refractivity contribution < 1.29 is 19.1 Å². The maximum absolute atomic E-state index is 9.22. The van der Waals surface area contributed by atoms with Gasteiger partial charge in [-0.3, -0.25) is 0 Å². The van der Waals surface area contributed by atoms with Gasteiger partial charge in [-0.2, -0.15) is 10.2 Å². The molecule has 0 saturated heterocycles. The fourth-order valence-corrected chi connectivity index (χ4v) is 5.23. The van der Waals surface area contributed by atoms with Crippen LogP contribution >= 0.6 is 15.9 Å². The van der Waals surface area contributed by atoms with Gasteiger partial charge >= 0.3 is 0 Å². The second kappa shape index (κ2) is 22.6. The molecule has 0 radical (unpaired) electrons. The van der Waals surface area contributed by atoms with E-state index < -0.39 is 0 Å². The lowest BCUT2D eigenvalue weighted by Gasteiger charge is -2.31. The molecule has 0 aromatic heterocycles. The summed E-state index contributed by atoms with van der Waals surface area (Å²) in [5.74, 6) is 1.77. The molecule has 2 aromatic rings.